The van der Waals surface area contributed by atoms with Crippen molar-refractivity contribution in [2.45, 2.75) is 13.5 Å². The smallest absolute Gasteiger partial charge is 0.350 e. The van der Waals surface area contributed by atoms with Crippen molar-refractivity contribution in [1.82, 2.24) is 4.98 Å². The van der Waals surface area contributed by atoms with E-state index in [9.17, 15) is 9.59 Å². The summed E-state index contributed by atoms with van der Waals surface area (Å²) in [7, 11) is 2.87. The van der Waals surface area contributed by atoms with Crippen LogP contribution in [-0.2, 0) is 16.1 Å². The van der Waals surface area contributed by atoms with Gasteiger partial charge >= 0.3 is 5.97 Å². The van der Waals surface area contributed by atoms with E-state index in [4.69, 9.17) is 13.9 Å². The van der Waals surface area contributed by atoms with Gasteiger partial charge < -0.3 is 19.2 Å². The summed E-state index contributed by atoms with van der Waals surface area (Å²) in [5.74, 6) is -0.860. The first-order valence-electron chi connectivity index (χ1n) is 7.40. The topological polar surface area (TPSA) is 90.7 Å². The lowest BCUT2D eigenvalue weighted by Gasteiger charge is -2.08. The van der Waals surface area contributed by atoms with Crippen LogP contribution in [0.1, 0.15) is 31.5 Å². The van der Waals surface area contributed by atoms with Crippen molar-refractivity contribution >= 4 is 39.1 Å². The number of anilines is 1. The molecule has 130 valence electrons. The number of thiophene rings is 1. The number of hydrogen-bond acceptors (Lipinski definition) is 7. The molecule has 0 aliphatic carbocycles. The lowest BCUT2D eigenvalue weighted by atomic mass is 10.1. The number of furan rings is 1. The summed E-state index contributed by atoms with van der Waals surface area (Å²) in [5.41, 5.74) is 1.97. The number of carbonyl (C=O) groups excluding carboxylic acids is 2. The van der Waals surface area contributed by atoms with Gasteiger partial charge in [-0.25, -0.2) is 9.78 Å². The van der Waals surface area contributed by atoms with Crippen molar-refractivity contribution in [3.8, 4) is 0 Å². The number of fused-ring (bicyclic) bond motifs is 1. The fraction of sp³-hybridized carbons (Fsp3) is 0.235. The van der Waals surface area contributed by atoms with Crippen molar-refractivity contribution in [2.24, 2.45) is 0 Å². The first-order valence-corrected chi connectivity index (χ1v) is 8.22. The standard InChI is InChI=1S/C17H16N2O5S/c1-9-7-10(8-22-2)12-13(19-15(20)11-5-4-6-24-11)14(17(21)23-3)25-16(12)18-9/h4-7H,8H2,1-3H3,(H,19,20). The minimum atomic E-state index is -0.543. The Bertz CT molecular complexity index is 930. The van der Waals surface area contributed by atoms with Crippen LogP contribution in [0.5, 0.6) is 0 Å². The van der Waals surface area contributed by atoms with Gasteiger partial charge in [-0.2, -0.15) is 0 Å². The van der Waals surface area contributed by atoms with E-state index in [1.54, 1.807) is 19.2 Å². The zero-order chi connectivity index (χ0) is 18.0. The van der Waals surface area contributed by atoms with Crippen LogP contribution in [0, 0.1) is 6.92 Å². The van der Waals surface area contributed by atoms with Crippen molar-refractivity contribution in [2.75, 3.05) is 19.5 Å². The summed E-state index contributed by atoms with van der Waals surface area (Å²) in [6, 6.07) is 5.02. The maximum absolute atomic E-state index is 12.4. The molecule has 0 aromatic carbocycles. The summed E-state index contributed by atoms with van der Waals surface area (Å²) in [5, 5.41) is 3.42. The van der Waals surface area contributed by atoms with Gasteiger partial charge in [0.1, 0.15) is 9.71 Å². The summed E-state index contributed by atoms with van der Waals surface area (Å²) in [6.45, 7) is 2.18. The van der Waals surface area contributed by atoms with E-state index in [0.717, 1.165) is 22.6 Å². The molecular formula is C17H16N2O5S. The Morgan fingerprint density at radius 2 is 2.16 bits per heavy atom. The fourth-order valence-corrected chi connectivity index (χ4v) is 3.66. The molecule has 0 spiro atoms. The van der Waals surface area contributed by atoms with Gasteiger partial charge in [0.2, 0.25) is 0 Å². The van der Waals surface area contributed by atoms with Crippen LogP contribution < -0.4 is 5.32 Å². The van der Waals surface area contributed by atoms with Crippen molar-refractivity contribution < 1.29 is 23.5 Å². The number of rotatable bonds is 5. The van der Waals surface area contributed by atoms with Gasteiger partial charge in [0, 0.05) is 18.2 Å². The predicted octanol–water partition coefficient (Wildman–Crippen LogP) is 3.38. The molecule has 1 N–H and O–H groups in total. The molecule has 0 saturated carbocycles. The molecule has 0 aliphatic rings. The third-order valence-electron chi connectivity index (χ3n) is 3.53. The highest BCUT2D eigenvalue weighted by Crippen LogP contribution is 2.38. The Balaban J connectivity index is 2.18. The summed E-state index contributed by atoms with van der Waals surface area (Å²) in [4.78, 5) is 30.0. The van der Waals surface area contributed by atoms with Crippen LogP contribution in [0.25, 0.3) is 10.2 Å². The molecule has 0 saturated heterocycles. The molecule has 0 atom stereocenters. The lowest BCUT2D eigenvalue weighted by Crippen LogP contribution is -2.14. The summed E-state index contributed by atoms with van der Waals surface area (Å²) in [6.07, 6.45) is 1.41. The van der Waals surface area contributed by atoms with Gasteiger partial charge in [-0.15, -0.1) is 11.3 Å². The highest BCUT2D eigenvalue weighted by Gasteiger charge is 2.25. The van der Waals surface area contributed by atoms with Crippen LogP contribution >= 0.6 is 11.3 Å². The van der Waals surface area contributed by atoms with E-state index in [0.29, 0.717) is 22.5 Å². The third-order valence-corrected chi connectivity index (χ3v) is 4.59. The number of pyridine rings is 1. The molecule has 8 heteroatoms. The fourth-order valence-electron chi connectivity index (χ4n) is 2.52. The highest BCUT2D eigenvalue weighted by molar-refractivity contribution is 7.21. The number of nitrogens with zero attached hydrogens (tertiary/aromatic N) is 1. The number of aromatic nitrogens is 1. The zero-order valence-electron chi connectivity index (χ0n) is 13.9. The van der Waals surface area contributed by atoms with E-state index < -0.39 is 11.9 Å². The second kappa shape index (κ2) is 7.04. The average molecular weight is 360 g/mol. The number of hydrogen-bond donors (Lipinski definition) is 1. The molecule has 3 rings (SSSR count). The van der Waals surface area contributed by atoms with E-state index in [2.05, 4.69) is 10.3 Å². The molecule has 25 heavy (non-hydrogen) atoms. The van der Waals surface area contributed by atoms with E-state index in [1.807, 2.05) is 13.0 Å². The second-order valence-electron chi connectivity index (χ2n) is 5.27. The van der Waals surface area contributed by atoms with Gasteiger partial charge in [0.15, 0.2) is 5.76 Å². The average Bonchev–Trinajstić information content (AvgIpc) is 3.22. The molecule has 3 aromatic rings. The molecule has 1 amide bonds. The zero-order valence-corrected chi connectivity index (χ0v) is 14.7. The minimum Gasteiger partial charge on any atom is -0.465 e. The Hall–Kier alpha value is -2.71. The van der Waals surface area contributed by atoms with Gasteiger partial charge in [-0.05, 0) is 30.7 Å². The lowest BCUT2D eigenvalue weighted by molar-refractivity contribution is 0.0607. The molecule has 0 fully saturated rings. The summed E-state index contributed by atoms with van der Waals surface area (Å²) < 4.78 is 15.2. The van der Waals surface area contributed by atoms with Gasteiger partial charge in [-0.1, -0.05) is 0 Å². The first-order chi connectivity index (χ1) is 12.0. The first kappa shape index (κ1) is 17.1. The number of ether oxygens (including phenoxy) is 2. The number of aryl methyl sites for hydroxylation is 1. The quantitative estimate of drug-likeness (QED) is 0.702. The Morgan fingerprint density at radius 1 is 1.36 bits per heavy atom. The van der Waals surface area contributed by atoms with Crippen molar-refractivity contribution in [3.63, 3.8) is 0 Å². The molecule has 3 heterocycles. The SMILES string of the molecule is COCc1cc(C)nc2sc(C(=O)OC)c(NC(=O)c3ccco3)c12. The number of methoxy groups -OCH3 is 2. The Morgan fingerprint density at radius 3 is 2.80 bits per heavy atom. The highest BCUT2D eigenvalue weighted by atomic mass is 32.1. The molecule has 0 unspecified atom stereocenters. The second-order valence-corrected chi connectivity index (χ2v) is 6.26. The van der Waals surface area contributed by atoms with Crippen LogP contribution in [0.15, 0.2) is 28.9 Å². The van der Waals surface area contributed by atoms with E-state index in [-0.39, 0.29) is 10.6 Å². The van der Waals surface area contributed by atoms with Crippen LogP contribution in [0.2, 0.25) is 0 Å². The minimum absolute atomic E-state index is 0.142. The van der Waals surface area contributed by atoms with Crippen molar-refractivity contribution in [1.29, 1.82) is 0 Å². The molecule has 3 aromatic heterocycles. The normalized spacial score (nSPS) is 10.8. The Labute approximate surface area is 147 Å². The number of carbonyl (C=O) groups is 2. The van der Waals surface area contributed by atoms with Gasteiger partial charge in [-0.3, -0.25) is 4.79 Å². The maximum atomic E-state index is 12.4. The number of nitrogens with one attached hydrogen (secondary N) is 1. The monoisotopic (exact) mass is 360 g/mol. The predicted molar refractivity (Wildman–Crippen MR) is 93.1 cm³/mol. The third kappa shape index (κ3) is 3.26. The molecule has 0 bridgehead atoms. The molecule has 7 nitrogen and oxygen atoms in total. The number of esters is 1. The van der Waals surface area contributed by atoms with Gasteiger partial charge in [0.05, 0.1) is 25.7 Å². The molecular weight excluding hydrogens is 344 g/mol. The van der Waals surface area contributed by atoms with Crippen LogP contribution in [0.3, 0.4) is 0 Å². The van der Waals surface area contributed by atoms with Gasteiger partial charge in [0.25, 0.3) is 5.91 Å². The largest absolute Gasteiger partial charge is 0.465 e. The van der Waals surface area contributed by atoms with Crippen molar-refractivity contribution in [3.05, 3.63) is 46.4 Å². The van der Waals surface area contributed by atoms with E-state index in [1.165, 1.54) is 13.4 Å². The van der Waals surface area contributed by atoms with E-state index >= 15 is 0 Å². The van der Waals surface area contributed by atoms with Crippen LogP contribution in [0.4, 0.5) is 5.69 Å². The maximum Gasteiger partial charge on any atom is 0.350 e. The number of amides is 1. The van der Waals surface area contributed by atoms with Crippen LogP contribution in [-0.4, -0.2) is 31.1 Å². The Kier molecular flexibility index (Phi) is 4.82. The molecule has 0 radical (unpaired) electrons. The summed E-state index contributed by atoms with van der Waals surface area (Å²) >= 11 is 1.16. The molecule has 0 aliphatic heterocycles.